The van der Waals surface area contributed by atoms with E-state index in [1.807, 2.05) is 31.2 Å². The van der Waals surface area contributed by atoms with Crippen LogP contribution < -0.4 is 10.5 Å². The number of likely N-dealkylation sites (tertiary alicyclic amines) is 1. The number of methoxy groups -OCH3 is 1. The molecule has 0 aliphatic carbocycles. The van der Waals surface area contributed by atoms with Crippen molar-refractivity contribution in [2.24, 2.45) is 0 Å². The van der Waals surface area contributed by atoms with Gasteiger partial charge in [0.25, 0.3) is 5.56 Å². The van der Waals surface area contributed by atoms with Gasteiger partial charge in [-0.1, -0.05) is 18.2 Å². The Hall–Kier alpha value is -2.62. The molecule has 3 heterocycles. The van der Waals surface area contributed by atoms with Crippen molar-refractivity contribution in [1.29, 1.82) is 0 Å². The van der Waals surface area contributed by atoms with Crippen molar-refractivity contribution < 1.29 is 14.7 Å². The number of nitrogens with zero attached hydrogens (tertiary/aromatic N) is 4. The molecule has 29 heavy (non-hydrogen) atoms. The average Bonchev–Trinajstić information content (AvgIpc) is 3.17. The summed E-state index contributed by atoms with van der Waals surface area (Å²) in [6, 6.07) is 7.61. The van der Waals surface area contributed by atoms with Gasteiger partial charge in [0.1, 0.15) is 0 Å². The van der Waals surface area contributed by atoms with E-state index in [2.05, 4.69) is 20.5 Å². The molecule has 0 saturated carbocycles. The Kier molecular flexibility index (Phi) is 5.70. The molecule has 0 radical (unpaired) electrons. The number of benzene rings is 1. The number of tetrazole rings is 1. The van der Waals surface area contributed by atoms with Gasteiger partial charge in [-0.25, -0.2) is 4.68 Å². The third-order valence-electron chi connectivity index (χ3n) is 5.76. The fourth-order valence-electron chi connectivity index (χ4n) is 4.17. The van der Waals surface area contributed by atoms with Gasteiger partial charge in [0.15, 0.2) is 6.04 Å². The lowest BCUT2D eigenvalue weighted by Crippen LogP contribution is -3.14. The number of pyridine rings is 1. The van der Waals surface area contributed by atoms with Crippen LogP contribution in [0.3, 0.4) is 0 Å². The molecular weight excluding hydrogens is 372 g/mol. The van der Waals surface area contributed by atoms with Gasteiger partial charge in [0, 0.05) is 20.0 Å². The third kappa shape index (κ3) is 3.93. The molecule has 0 bridgehead atoms. The Labute approximate surface area is 168 Å². The molecule has 9 heteroatoms. The molecule has 1 aromatic carbocycles. The number of aryl methyl sites for hydroxylation is 1. The molecule has 0 unspecified atom stereocenters. The quantitative estimate of drug-likeness (QED) is 0.520. The van der Waals surface area contributed by atoms with E-state index in [4.69, 9.17) is 4.74 Å². The molecule has 1 atom stereocenters. The molecular formula is C20H27N6O3+. The van der Waals surface area contributed by atoms with Crippen molar-refractivity contribution >= 4 is 10.9 Å². The average molecular weight is 399 g/mol. The van der Waals surface area contributed by atoms with E-state index < -0.39 is 0 Å². The van der Waals surface area contributed by atoms with Gasteiger partial charge in [0.05, 0.1) is 43.4 Å². The van der Waals surface area contributed by atoms with Crippen LogP contribution in [0.2, 0.25) is 0 Å². The number of aliphatic hydroxyl groups is 1. The molecule has 3 aromatic rings. The number of aromatic nitrogens is 5. The highest BCUT2D eigenvalue weighted by Gasteiger charge is 2.36. The first-order valence-corrected chi connectivity index (χ1v) is 9.98. The zero-order valence-corrected chi connectivity index (χ0v) is 16.8. The van der Waals surface area contributed by atoms with Crippen LogP contribution in [0.5, 0.6) is 0 Å². The normalized spacial score (nSPS) is 20.8. The first-order valence-electron chi connectivity index (χ1n) is 9.98. The van der Waals surface area contributed by atoms with E-state index in [-0.39, 0.29) is 17.7 Å². The van der Waals surface area contributed by atoms with Crippen LogP contribution in [0.1, 0.15) is 35.8 Å². The summed E-state index contributed by atoms with van der Waals surface area (Å²) in [6.45, 7) is 4.46. The van der Waals surface area contributed by atoms with E-state index in [0.29, 0.717) is 37.4 Å². The summed E-state index contributed by atoms with van der Waals surface area (Å²) >= 11 is 0. The number of quaternary nitrogens is 1. The van der Waals surface area contributed by atoms with E-state index in [1.54, 1.807) is 11.8 Å². The molecule has 1 aliphatic heterocycles. The number of para-hydroxylation sites is 1. The molecule has 0 amide bonds. The first kappa shape index (κ1) is 19.7. The largest absolute Gasteiger partial charge is 0.393 e. The maximum atomic E-state index is 13.1. The predicted molar refractivity (Wildman–Crippen MR) is 107 cm³/mol. The molecule has 3 N–H and O–H groups in total. The summed E-state index contributed by atoms with van der Waals surface area (Å²) in [6.07, 6.45) is 1.09. The number of hydrogen-bond donors (Lipinski definition) is 3. The van der Waals surface area contributed by atoms with E-state index in [9.17, 15) is 9.90 Å². The Balaban J connectivity index is 1.83. The smallest absolute Gasteiger partial charge is 0.258 e. The molecule has 1 aliphatic rings. The van der Waals surface area contributed by atoms with Gasteiger partial charge in [0.2, 0.25) is 5.82 Å². The summed E-state index contributed by atoms with van der Waals surface area (Å²) in [5.41, 5.74) is 2.39. The van der Waals surface area contributed by atoms with E-state index >= 15 is 0 Å². The van der Waals surface area contributed by atoms with E-state index in [1.165, 1.54) is 4.90 Å². The van der Waals surface area contributed by atoms with Crippen LogP contribution in [-0.4, -0.2) is 63.2 Å². The van der Waals surface area contributed by atoms with Crippen LogP contribution in [0, 0.1) is 6.92 Å². The number of ether oxygens (including phenoxy) is 1. The van der Waals surface area contributed by atoms with Crippen LogP contribution in [0.25, 0.3) is 10.9 Å². The lowest BCUT2D eigenvalue weighted by atomic mass is 9.99. The summed E-state index contributed by atoms with van der Waals surface area (Å²) < 4.78 is 6.90. The minimum Gasteiger partial charge on any atom is -0.393 e. The highest BCUT2D eigenvalue weighted by molar-refractivity contribution is 5.82. The molecule has 2 aromatic heterocycles. The van der Waals surface area contributed by atoms with Gasteiger partial charge in [-0.3, -0.25) is 4.79 Å². The number of nitrogens with one attached hydrogen (secondary N) is 2. The van der Waals surface area contributed by atoms with Crippen molar-refractivity contribution in [2.45, 2.75) is 38.5 Å². The lowest BCUT2D eigenvalue weighted by molar-refractivity contribution is -0.932. The van der Waals surface area contributed by atoms with Crippen LogP contribution in [0.4, 0.5) is 0 Å². The highest BCUT2D eigenvalue weighted by atomic mass is 16.5. The Morgan fingerprint density at radius 3 is 2.93 bits per heavy atom. The van der Waals surface area contributed by atoms with Crippen molar-refractivity contribution in [1.82, 2.24) is 25.2 Å². The number of rotatable bonds is 6. The van der Waals surface area contributed by atoms with Gasteiger partial charge < -0.3 is 19.7 Å². The van der Waals surface area contributed by atoms with Crippen LogP contribution in [-0.2, 0) is 11.3 Å². The predicted octanol–water partition coefficient (Wildman–Crippen LogP) is -0.402. The Morgan fingerprint density at radius 2 is 2.17 bits per heavy atom. The molecule has 1 fully saturated rings. The number of piperidine rings is 1. The maximum absolute atomic E-state index is 13.1. The number of hydrogen-bond acceptors (Lipinski definition) is 6. The zero-order valence-electron chi connectivity index (χ0n) is 16.8. The number of aromatic amines is 1. The number of fused-ring (bicyclic) bond motifs is 1. The van der Waals surface area contributed by atoms with E-state index in [0.717, 1.165) is 29.6 Å². The van der Waals surface area contributed by atoms with Gasteiger partial charge in [-0.2, -0.15) is 0 Å². The second-order valence-electron chi connectivity index (χ2n) is 7.67. The Bertz CT molecular complexity index is 1040. The second kappa shape index (κ2) is 8.40. The minimum atomic E-state index is -0.317. The molecule has 154 valence electrons. The summed E-state index contributed by atoms with van der Waals surface area (Å²) in [7, 11) is 1.63. The standard InChI is InChI=1S/C20H26N6O3/c1-13-4-3-5-14-12-16(20(28)21-17(13)14)18(25-8-6-15(27)7-9-25)19-22-23-24-26(19)10-11-29-2/h3-5,12,15,18,27H,6-11H2,1-2H3,(H,21,28)/p+1/t18-/m1/s1. The SMILES string of the molecule is COCCn1nnnc1[C@@H](c1cc2cccc(C)c2[nH]c1=O)[NH+]1CCC(O)CC1. The fourth-order valence-corrected chi connectivity index (χ4v) is 4.17. The van der Waals surface area contributed by atoms with Crippen molar-refractivity contribution in [3.05, 3.63) is 51.6 Å². The maximum Gasteiger partial charge on any atom is 0.258 e. The number of H-pyrrole nitrogens is 1. The van der Waals surface area contributed by atoms with Crippen molar-refractivity contribution in [3.8, 4) is 0 Å². The van der Waals surface area contributed by atoms with Crippen LogP contribution in [0.15, 0.2) is 29.1 Å². The van der Waals surface area contributed by atoms with Crippen molar-refractivity contribution in [3.63, 3.8) is 0 Å². The number of aliphatic hydroxyl groups excluding tert-OH is 1. The topological polar surface area (TPSA) is 110 Å². The fraction of sp³-hybridized carbons (Fsp3) is 0.500. The molecule has 9 nitrogen and oxygen atoms in total. The minimum absolute atomic E-state index is 0.128. The molecule has 4 rings (SSSR count). The summed E-state index contributed by atoms with van der Waals surface area (Å²) in [4.78, 5) is 17.4. The van der Waals surface area contributed by atoms with Gasteiger partial charge in [-0.15, -0.1) is 5.10 Å². The monoisotopic (exact) mass is 399 g/mol. The lowest BCUT2D eigenvalue weighted by Gasteiger charge is -2.32. The van der Waals surface area contributed by atoms with Gasteiger partial charge in [-0.05, 0) is 34.4 Å². The molecule has 1 saturated heterocycles. The zero-order chi connectivity index (χ0) is 20.4. The van der Waals surface area contributed by atoms with Crippen LogP contribution >= 0.6 is 0 Å². The third-order valence-corrected chi connectivity index (χ3v) is 5.76. The van der Waals surface area contributed by atoms with Crippen molar-refractivity contribution in [2.75, 3.05) is 26.8 Å². The summed E-state index contributed by atoms with van der Waals surface area (Å²) in [5, 5.41) is 23.2. The highest BCUT2D eigenvalue weighted by Crippen LogP contribution is 2.21. The Morgan fingerprint density at radius 1 is 1.38 bits per heavy atom. The second-order valence-corrected chi connectivity index (χ2v) is 7.67. The summed E-state index contributed by atoms with van der Waals surface area (Å²) in [5.74, 6) is 0.644. The van der Waals surface area contributed by atoms with Gasteiger partial charge >= 0.3 is 0 Å². The first-order chi connectivity index (χ1) is 14.1. The molecule has 0 spiro atoms.